The van der Waals surface area contributed by atoms with Gasteiger partial charge in [-0.25, -0.2) is 4.79 Å². The molecule has 0 aliphatic carbocycles. The maximum absolute atomic E-state index is 10.3. The molecule has 3 nitrogen and oxygen atoms in total. The summed E-state index contributed by atoms with van der Waals surface area (Å²) in [4.78, 5) is 11.9. The van der Waals surface area contributed by atoms with Gasteiger partial charge in [-0.1, -0.05) is 20.3 Å². The predicted octanol–water partition coefficient (Wildman–Crippen LogP) is 1.64. The van der Waals surface area contributed by atoms with Gasteiger partial charge in [0.2, 0.25) is 0 Å². The van der Waals surface area contributed by atoms with Crippen LogP contribution in [0.4, 0.5) is 4.79 Å². The molecule has 0 heterocycles. The second-order valence-electron chi connectivity index (χ2n) is 2.01. The van der Waals surface area contributed by atoms with Crippen molar-refractivity contribution in [3.8, 4) is 0 Å². The summed E-state index contributed by atoms with van der Waals surface area (Å²) < 4.78 is 0. The van der Waals surface area contributed by atoms with Gasteiger partial charge in [-0.3, -0.25) is 0 Å². The molecule has 0 rings (SSSR count). The molecule has 0 aliphatic rings. The van der Waals surface area contributed by atoms with Crippen LogP contribution in [-0.4, -0.2) is 24.0 Å². The van der Waals surface area contributed by atoms with E-state index in [0.717, 1.165) is 6.42 Å². The molecule has 1 radical (unpaired) electrons. The zero-order valence-corrected chi connectivity index (χ0v) is 7.76. The molecule has 0 spiro atoms. The Labute approximate surface area is 69.6 Å². The minimum Gasteiger partial charge on any atom is -0.351 e. The van der Waals surface area contributed by atoms with Gasteiger partial charge in [0.15, 0.2) is 0 Å². The van der Waals surface area contributed by atoms with E-state index >= 15 is 0 Å². The molecule has 0 saturated heterocycles. The van der Waals surface area contributed by atoms with E-state index < -0.39 is 0 Å². The third-order valence-corrected chi connectivity index (χ3v) is 1.08. The average molecular weight is 159 g/mol. The highest BCUT2D eigenvalue weighted by Crippen LogP contribution is 1.82. The zero-order valence-electron chi connectivity index (χ0n) is 7.76. The van der Waals surface area contributed by atoms with E-state index in [4.69, 9.17) is 5.73 Å². The quantitative estimate of drug-likeness (QED) is 0.654. The van der Waals surface area contributed by atoms with Crippen LogP contribution in [0.25, 0.3) is 0 Å². The number of carbonyl (C=O) groups excluding carboxylic acids is 1. The number of hydrogen-bond donors (Lipinski definition) is 1. The number of rotatable bonds is 2. The fourth-order valence-electron chi connectivity index (χ4n) is 0.535. The van der Waals surface area contributed by atoms with Crippen molar-refractivity contribution in [2.75, 3.05) is 13.1 Å². The van der Waals surface area contributed by atoms with Gasteiger partial charge in [0.25, 0.3) is 0 Å². The van der Waals surface area contributed by atoms with Crippen LogP contribution >= 0.6 is 0 Å². The van der Waals surface area contributed by atoms with Crippen molar-refractivity contribution in [3.05, 3.63) is 6.92 Å². The standard InChI is InChI=1S/C5H12N2O.C3H7/c1-3-7(4-2)5(6)8;1-3-2/h3-4H2,1-2H3,(H2,6,8);1,3H2,2H3. The number of carbonyl (C=O) groups is 1. The number of nitrogens with two attached hydrogens (primary N) is 1. The molecule has 0 bridgehead atoms. The van der Waals surface area contributed by atoms with Gasteiger partial charge in [-0.05, 0) is 13.8 Å². The Hall–Kier alpha value is -0.730. The van der Waals surface area contributed by atoms with Gasteiger partial charge in [-0.2, -0.15) is 0 Å². The highest BCUT2D eigenvalue weighted by Gasteiger charge is 2.00. The van der Waals surface area contributed by atoms with Crippen molar-refractivity contribution in [2.24, 2.45) is 5.73 Å². The largest absolute Gasteiger partial charge is 0.351 e. The first-order chi connectivity index (χ1) is 5.13. The second-order valence-corrected chi connectivity index (χ2v) is 2.01. The summed E-state index contributed by atoms with van der Waals surface area (Å²) in [6, 6.07) is -0.338. The number of amides is 2. The van der Waals surface area contributed by atoms with Crippen molar-refractivity contribution < 1.29 is 4.79 Å². The molecule has 3 heteroatoms. The molecule has 2 amide bonds. The minimum atomic E-state index is -0.338. The van der Waals surface area contributed by atoms with Crippen molar-refractivity contribution in [2.45, 2.75) is 27.2 Å². The summed E-state index contributed by atoms with van der Waals surface area (Å²) in [6.45, 7) is 10.7. The van der Waals surface area contributed by atoms with E-state index in [-0.39, 0.29) is 6.03 Å². The SMILES string of the molecule is CCN(CC)C(N)=O.[CH2]CC. The lowest BCUT2D eigenvalue weighted by atomic mass is 10.5. The molecule has 0 atom stereocenters. The predicted molar refractivity (Wildman–Crippen MR) is 48.2 cm³/mol. The van der Waals surface area contributed by atoms with Crippen LogP contribution in [0.1, 0.15) is 27.2 Å². The van der Waals surface area contributed by atoms with E-state index in [9.17, 15) is 4.79 Å². The van der Waals surface area contributed by atoms with Gasteiger partial charge in [0.1, 0.15) is 0 Å². The normalized spacial score (nSPS) is 8.00. The van der Waals surface area contributed by atoms with Crippen LogP contribution in [-0.2, 0) is 0 Å². The Morgan fingerprint density at radius 3 is 1.64 bits per heavy atom. The Kier molecular flexibility index (Phi) is 10.9. The Morgan fingerprint density at radius 2 is 1.64 bits per heavy atom. The molecule has 0 unspecified atom stereocenters. The molecule has 2 N–H and O–H groups in total. The fraction of sp³-hybridized carbons (Fsp3) is 0.750. The van der Waals surface area contributed by atoms with Crippen LogP contribution in [0.15, 0.2) is 0 Å². The van der Waals surface area contributed by atoms with Crippen molar-refractivity contribution in [3.63, 3.8) is 0 Å². The van der Waals surface area contributed by atoms with Crippen LogP contribution in [0.3, 0.4) is 0 Å². The Bertz CT molecular complexity index is 90.1. The lowest BCUT2D eigenvalue weighted by Gasteiger charge is -2.13. The van der Waals surface area contributed by atoms with E-state index in [0.29, 0.717) is 13.1 Å². The molecule has 0 aromatic carbocycles. The number of primary amides is 1. The lowest BCUT2D eigenvalue weighted by molar-refractivity contribution is 0.213. The third kappa shape index (κ3) is 9.27. The van der Waals surface area contributed by atoms with E-state index in [1.807, 2.05) is 20.8 Å². The smallest absolute Gasteiger partial charge is 0.314 e. The van der Waals surface area contributed by atoms with Gasteiger partial charge in [-0.15, -0.1) is 0 Å². The van der Waals surface area contributed by atoms with Crippen molar-refractivity contribution in [1.29, 1.82) is 0 Å². The monoisotopic (exact) mass is 159 g/mol. The summed E-state index contributed by atoms with van der Waals surface area (Å²) in [7, 11) is 0. The Balaban J connectivity index is 0. The molecule has 67 valence electrons. The van der Waals surface area contributed by atoms with Crippen LogP contribution in [0, 0.1) is 6.92 Å². The van der Waals surface area contributed by atoms with Gasteiger partial charge < -0.3 is 10.6 Å². The maximum Gasteiger partial charge on any atom is 0.314 e. The first-order valence-electron chi connectivity index (χ1n) is 3.97. The number of urea groups is 1. The molecule has 0 aliphatic heterocycles. The average Bonchev–Trinajstić information content (AvgIpc) is 1.91. The summed E-state index contributed by atoms with van der Waals surface area (Å²) in [6.07, 6.45) is 1.00. The van der Waals surface area contributed by atoms with Gasteiger partial charge >= 0.3 is 6.03 Å². The Morgan fingerprint density at radius 1 is 1.36 bits per heavy atom. The van der Waals surface area contributed by atoms with Gasteiger partial charge in [0.05, 0.1) is 0 Å². The zero-order chi connectivity index (χ0) is 9.28. The molecule has 0 fully saturated rings. The highest BCUT2D eigenvalue weighted by molar-refractivity contribution is 5.71. The molecular formula is C8H19N2O. The molecule has 11 heavy (non-hydrogen) atoms. The summed E-state index contributed by atoms with van der Waals surface area (Å²) in [5.41, 5.74) is 4.94. The molecule has 0 saturated carbocycles. The maximum atomic E-state index is 10.3. The van der Waals surface area contributed by atoms with E-state index in [1.165, 1.54) is 0 Å². The van der Waals surface area contributed by atoms with E-state index in [1.54, 1.807) is 4.90 Å². The fourth-order valence-corrected chi connectivity index (χ4v) is 0.535. The number of hydrogen-bond acceptors (Lipinski definition) is 1. The topological polar surface area (TPSA) is 46.3 Å². The summed E-state index contributed by atoms with van der Waals surface area (Å²) in [5, 5.41) is 0. The lowest BCUT2D eigenvalue weighted by Crippen LogP contribution is -2.35. The van der Waals surface area contributed by atoms with Crippen molar-refractivity contribution in [1.82, 2.24) is 4.90 Å². The molecular weight excluding hydrogens is 140 g/mol. The van der Waals surface area contributed by atoms with E-state index in [2.05, 4.69) is 6.92 Å². The molecule has 0 aromatic rings. The van der Waals surface area contributed by atoms with Crippen molar-refractivity contribution >= 4 is 6.03 Å². The van der Waals surface area contributed by atoms with Gasteiger partial charge in [0, 0.05) is 13.1 Å². The molecule has 0 aromatic heterocycles. The van der Waals surface area contributed by atoms with Crippen LogP contribution < -0.4 is 5.73 Å². The summed E-state index contributed by atoms with van der Waals surface area (Å²) in [5.74, 6) is 0. The van der Waals surface area contributed by atoms with Crippen LogP contribution in [0.5, 0.6) is 0 Å². The third-order valence-electron chi connectivity index (χ3n) is 1.08. The minimum absolute atomic E-state index is 0.338. The number of nitrogens with zero attached hydrogens (tertiary/aromatic N) is 1. The first kappa shape index (κ1) is 12.9. The van der Waals surface area contributed by atoms with Crippen LogP contribution in [0.2, 0.25) is 0 Å². The highest BCUT2D eigenvalue weighted by atomic mass is 16.2. The second kappa shape index (κ2) is 9.27. The first-order valence-corrected chi connectivity index (χ1v) is 3.97. The summed E-state index contributed by atoms with van der Waals surface area (Å²) >= 11 is 0.